The smallest absolute Gasteiger partial charge is 0.290 e. The molecule has 0 saturated carbocycles. The number of nitrogens with zero attached hydrogens (tertiary/aromatic N) is 4. The van der Waals surface area contributed by atoms with E-state index in [1.165, 1.54) is 0 Å². The second kappa shape index (κ2) is 7.93. The van der Waals surface area contributed by atoms with Gasteiger partial charge in [-0.15, -0.1) is 10.2 Å². The highest BCUT2D eigenvalue weighted by atomic mass is 32.2. The molecule has 1 aromatic carbocycles. The Morgan fingerprint density at radius 2 is 2.16 bits per heavy atom. The van der Waals surface area contributed by atoms with Crippen molar-refractivity contribution < 1.29 is 9.32 Å². The Morgan fingerprint density at radius 3 is 2.84 bits per heavy atom. The minimum absolute atomic E-state index is 0.147. The number of aromatic amines is 1. The quantitative estimate of drug-likeness (QED) is 0.667. The fraction of sp³-hybridized carbons (Fsp3) is 0.312. The zero-order valence-corrected chi connectivity index (χ0v) is 14.7. The molecule has 3 rings (SSSR count). The van der Waals surface area contributed by atoms with Crippen LogP contribution < -0.4 is 5.32 Å². The van der Waals surface area contributed by atoms with Crippen LogP contribution in [0.15, 0.2) is 34.9 Å². The lowest BCUT2D eigenvalue weighted by Gasteiger charge is -2.13. The van der Waals surface area contributed by atoms with Crippen molar-refractivity contribution in [2.75, 3.05) is 12.0 Å². The maximum Gasteiger partial charge on any atom is 0.290 e. The van der Waals surface area contributed by atoms with E-state index in [-0.39, 0.29) is 17.7 Å². The van der Waals surface area contributed by atoms with Crippen molar-refractivity contribution in [2.45, 2.75) is 19.4 Å². The molecule has 0 aliphatic heterocycles. The number of hydrogen-bond donors (Lipinski definition) is 2. The summed E-state index contributed by atoms with van der Waals surface area (Å²) in [6, 6.07) is 9.13. The standard InChI is InChI=1S/C16H18N6O2S/c1-10-3-5-11(6-4-10)13-9-14(24-20-13)16(23)17-12(7-8-25-2)15-18-21-22-19-15/h3-6,9,12H,7-8H2,1-2H3,(H,17,23)(H,18,19,21,22)/t12-/m0/s1. The summed E-state index contributed by atoms with van der Waals surface area (Å²) >= 11 is 1.68. The SMILES string of the molecule is CSCC[C@H](NC(=O)c1cc(-c2ccc(C)cc2)no1)c1nn[nH]n1. The molecule has 0 bridgehead atoms. The van der Waals surface area contributed by atoms with Gasteiger partial charge in [0.15, 0.2) is 5.82 Å². The number of benzene rings is 1. The van der Waals surface area contributed by atoms with Gasteiger partial charge in [0, 0.05) is 11.6 Å². The van der Waals surface area contributed by atoms with E-state index < -0.39 is 0 Å². The van der Waals surface area contributed by atoms with Crippen molar-refractivity contribution in [1.29, 1.82) is 0 Å². The molecule has 0 fully saturated rings. The van der Waals surface area contributed by atoms with Gasteiger partial charge in [0.2, 0.25) is 5.76 Å². The first kappa shape index (κ1) is 17.2. The molecule has 0 unspecified atom stereocenters. The van der Waals surface area contributed by atoms with Crippen LogP contribution in [0.5, 0.6) is 0 Å². The van der Waals surface area contributed by atoms with Gasteiger partial charge < -0.3 is 9.84 Å². The molecule has 0 aliphatic carbocycles. The number of nitrogens with one attached hydrogen (secondary N) is 2. The second-order valence-electron chi connectivity index (χ2n) is 5.52. The van der Waals surface area contributed by atoms with Gasteiger partial charge >= 0.3 is 0 Å². The molecule has 1 atom stereocenters. The van der Waals surface area contributed by atoms with Crippen LogP contribution in [-0.4, -0.2) is 43.7 Å². The van der Waals surface area contributed by atoms with Gasteiger partial charge in [-0.05, 0) is 25.4 Å². The van der Waals surface area contributed by atoms with Crippen molar-refractivity contribution in [3.05, 3.63) is 47.5 Å². The van der Waals surface area contributed by atoms with E-state index in [9.17, 15) is 4.79 Å². The van der Waals surface area contributed by atoms with Gasteiger partial charge in [0.05, 0.1) is 6.04 Å². The molecular formula is C16H18N6O2S. The van der Waals surface area contributed by atoms with Crippen LogP contribution in [0.1, 0.15) is 34.4 Å². The lowest BCUT2D eigenvalue weighted by atomic mass is 10.1. The van der Waals surface area contributed by atoms with Gasteiger partial charge in [-0.2, -0.15) is 17.0 Å². The van der Waals surface area contributed by atoms with Crippen LogP contribution in [0.4, 0.5) is 0 Å². The minimum Gasteiger partial charge on any atom is -0.350 e. The molecule has 9 heteroatoms. The number of aromatic nitrogens is 5. The van der Waals surface area contributed by atoms with E-state index in [1.807, 2.05) is 37.4 Å². The van der Waals surface area contributed by atoms with E-state index in [2.05, 4.69) is 31.1 Å². The fourth-order valence-corrected chi connectivity index (χ4v) is 2.76. The number of hydrogen-bond acceptors (Lipinski definition) is 7. The van der Waals surface area contributed by atoms with Gasteiger partial charge in [-0.25, -0.2) is 0 Å². The average molecular weight is 358 g/mol. The summed E-state index contributed by atoms with van der Waals surface area (Å²) in [6.45, 7) is 2.01. The van der Waals surface area contributed by atoms with Gasteiger partial charge in [-0.1, -0.05) is 40.2 Å². The van der Waals surface area contributed by atoms with E-state index in [0.717, 1.165) is 16.9 Å². The first-order valence-electron chi connectivity index (χ1n) is 7.74. The Labute approximate surface area is 148 Å². The summed E-state index contributed by atoms with van der Waals surface area (Å²) in [5, 5.41) is 20.7. The Kier molecular flexibility index (Phi) is 5.44. The molecule has 3 aromatic rings. The van der Waals surface area contributed by atoms with Crippen LogP contribution in [0.2, 0.25) is 0 Å². The molecule has 2 N–H and O–H groups in total. The van der Waals surface area contributed by atoms with Crippen molar-refractivity contribution in [1.82, 2.24) is 31.1 Å². The lowest BCUT2D eigenvalue weighted by Crippen LogP contribution is -2.29. The first-order chi connectivity index (χ1) is 12.2. The molecule has 0 spiro atoms. The topological polar surface area (TPSA) is 110 Å². The van der Waals surface area contributed by atoms with Gasteiger partial charge in [0.25, 0.3) is 5.91 Å². The summed E-state index contributed by atoms with van der Waals surface area (Å²) in [5.74, 6) is 1.08. The van der Waals surface area contributed by atoms with Crippen LogP contribution in [0.25, 0.3) is 11.3 Å². The normalized spacial score (nSPS) is 12.1. The zero-order valence-electron chi connectivity index (χ0n) is 13.9. The Bertz CT molecular complexity index is 816. The largest absolute Gasteiger partial charge is 0.350 e. The minimum atomic E-state index is -0.359. The van der Waals surface area contributed by atoms with Crippen LogP contribution in [0, 0.1) is 6.92 Å². The fourth-order valence-electron chi connectivity index (χ4n) is 2.29. The molecule has 25 heavy (non-hydrogen) atoms. The van der Waals surface area contributed by atoms with E-state index in [0.29, 0.717) is 17.9 Å². The number of rotatable bonds is 7. The predicted molar refractivity (Wildman–Crippen MR) is 94.1 cm³/mol. The molecule has 0 radical (unpaired) electrons. The average Bonchev–Trinajstić information content (AvgIpc) is 3.30. The van der Waals surface area contributed by atoms with Crippen molar-refractivity contribution >= 4 is 17.7 Å². The summed E-state index contributed by atoms with van der Waals surface area (Å²) in [5.41, 5.74) is 2.66. The maximum absolute atomic E-state index is 12.5. The highest BCUT2D eigenvalue weighted by molar-refractivity contribution is 7.98. The first-order valence-corrected chi connectivity index (χ1v) is 9.13. The van der Waals surface area contributed by atoms with Crippen LogP contribution in [0.3, 0.4) is 0 Å². The summed E-state index contributed by atoms with van der Waals surface area (Å²) < 4.78 is 5.20. The predicted octanol–water partition coefficient (Wildman–Crippen LogP) is 2.39. The van der Waals surface area contributed by atoms with Gasteiger partial charge in [-0.3, -0.25) is 4.79 Å². The number of tetrazole rings is 1. The molecular weight excluding hydrogens is 340 g/mol. The third-order valence-electron chi connectivity index (χ3n) is 3.67. The summed E-state index contributed by atoms with van der Waals surface area (Å²) in [6.07, 6.45) is 2.69. The number of thioether (sulfide) groups is 1. The van der Waals surface area contributed by atoms with Crippen molar-refractivity contribution in [3.8, 4) is 11.3 Å². The number of H-pyrrole nitrogens is 1. The number of carbonyl (C=O) groups is 1. The van der Waals surface area contributed by atoms with E-state index in [1.54, 1.807) is 17.8 Å². The van der Waals surface area contributed by atoms with Crippen molar-refractivity contribution in [2.24, 2.45) is 0 Å². The van der Waals surface area contributed by atoms with Gasteiger partial charge in [0.1, 0.15) is 5.69 Å². The highest BCUT2D eigenvalue weighted by Crippen LogP contribution is 2.21. The Morgan fingerprint density at radius 1 is 1.36 bits per heavy atom. The van der Waals surface area contributed by atoms with Crippen LogP contribution in [-0.2, 0) is 0 Å². The number of amides is 1. The molecule has 2 heterocycles. The summed E-state index contributed by atoms with van der Waals surface area (Å²) in [7, 11) is 0. The third-order valence-corrected chi connectivity index (χ3v) is 4.31. The van der Waals surface area contributed by atoms with E-state index >= 15 is 0 Å². The second-order valence-corrected chi connectivity index (χ2v) is 6.51. The third kappa shape index (κ3) is 4.24. The molecule has 1 amide bonds. The number of carbonyl (C=O) groups excluding carboxylic acids is 1. The molecule has 8 nitrogen and oxygen atoms in total. The highest BCUT2D eigenvalue weighted by Gasteiger charge is 2.22. The van der Waals surface area contributed by atoms with Crippen molar-refractivity contribution in [3.63, 3.8) is 0 Å². The molecule has 0 saturated heterocycles. The lowest BCUT2D eigenvalue weighted by molar-refractivity contribution is 0.0896. The number of aryl methyl sites for hydroxylation is 1. The molecule has 0 aliphatic rings. The van der Waals surface area contributed by atoms with Crippen LogP contribution >= 0.6 is 11.8 Å². The van der Waals surface area contributed by atoms with E-state index in [4.69, 9.17) is 4.52 Å². The Hall–Kier alpha value is -2.68. The molecule has 2 aromatic heterocycles. The monoisotopic (exact) mass is 358 g/mol. The Balaban J connectivity index is 1.72. The maximum atomic E-state index is 12.5. The zero-order chi connectivity index (χ0) is 17.6. The summed E-state index contributed by atoms with van der Waals surface area (Å²) in [4.78, 5) is 12.5. The molecule has 130 valence electrons.